The third-order valence-corrected chi connectivity index (χ3v) is 6.76. The first kappa shape index (κ1) is 24.6. The minimum absolute atomic E-state index is 0.344. The average molecular weight is 541 g/mol. The standard InChI is InChI=1S/C28H29BrO6/c1-30-28-26(32-17-20-10-6-3-7-11-20)25(31-16-19-8-4-2-5-9-19)24-23(34-28)18-33-27(35-24)21-12-14-22(29)15-13-21/h2-15,23-28H,16-18H2,1H3/t23-,24-,25+,26-,27-,28+/m1/s1. The van der Waals surface area contributed by atoms with Crippen molar-refractivity contribution < 1.29 is 28.4 Å². The first-order chi connectivity index (χ1) is 17.2. The number of hydrogen-bond acceptors (Lipinski definition) is 6. The molecule has 2 heterocycles. The van der Waals surface area contributed by atoms with Crippen LogP contribution in [0.4, 0.5) is 0 Å². The van der Waals surface area contributed by atoms with Crippen LogP contribution < -0.4 is 0 Å². The molecule has 184 valence electrons. The lowest BCUT2D eigenvalue weighted by Gasteiger charge is -2.48. The molecule has 6 nitrogen and oxygen atoms in total. The van der Waals surface area contributed by atoms with Crippen LogP contribution in [0.25, 0.3) is 0 Å². The van der Waals surface area contributed by atoms with Crippen LogP contribution in [-0.4, -0.2) is 44.4 Å². The van der Waals surface area contributed by atoms with Gasteiger partial charge in [-0.25, -0.2) is 0 Å². The smallest absolute Gasteiger partial charge is 0.186 e. The van der Waals surface area contributed by atoms with Gasteiger partial charge in [0.15, 0.2) is 12.6 Å². The highest BCUT2D eigenvalue weighted by molar-refractivity contribution is 9.10. The first-order valence-electron chi connectivity index (χ1n) is 11.7. The molecule has 5 rings (SSSR count). The van der Waals surface area contributed by atoms with Crippen LogP contribution in [0.2, 0.25) is 0 Å². The van der Waals surface area contributed by atoms with Crippen molar-refractivity contribution in [2.24, 2.45) is 0 Å². The Morgan fingerprint density at radius 3 is 1.97 bits per heavy atom. The zero-order valence-corrected chi connectivity index (χ0v) is 21.1. The van der Waals surface area contributed by atoms with Gasteiger partial charge < -0.3 is 28.4 Å². The Kier molecular flexibility index (Phi) is 8.26. The molecular formula is C28H29BrO6. The van der Waals surface area contributed by atoms with E-state index < -0.39 is 30.9 Å². The van der Waals surface area contributed by atoms with E-state index in [1.54, 1.807) is 7.11 Å². The van der Waals surface area contributed by atoms with Gasteiger partial charge in [-0.2, -0.15) is 0 Å². The highest BCUT2D eigenvalue weighted by atomic mass is 79.9. The zero-order chi connectivity index (χ0) is 24.0. The monoisotopic (exact) mass is 540 g/mol. The fraction of sp³-hybridized carbons (Fsp3) is 0.357. The van der Waals surface area contributed by atoms with Gasteiger partial charge in [0.25, 0.3) is 0 Å². The summed E-state index contributed by atoms with van der Waals surface area (Å²) in [7, 11) is 1.62. The maximum absolute atomic E-state index is 6.50. The summed E-state index contributed by atoms with van der Waals surface area (Å²) in [6.45, 7) is 1.19. The molecule has 2 aliphatic rings. The summed E-state index contributed by atoms with van der Waals surface area (Å²) in [4.78, 5) is 0. The quantitative estimate of drug-likeness (QED) is 0.381. The molecule has 3 aromatic rings. The summed E-state index contributed by atoms with van der Waals surface area (Å²) < 4.78 is 38.3. The molecule has 0 radical (unpaired) electrons. The Bertz CT molecular complexity index is 1050. The topological polar surface area (TPSA) is 55.4 Å². The Labute approximate surface area is 214 Å². The summed E-state index contributed by atoms with van der Waals surface area (Å²) >= 11 is 3.48. The van der Waals surface area contributed by atoms with Gasteiger partial charge in [-0.05, 0) is 23.3 Å². The molecule has 3 aromatic carbocycles. The lowest BCUT2D eigenvalue weighted by molar-refractivity contribution is -0.369. The van der Waals surface area contributed by atoms with E-state index in [2.05, 4.69) is 15.9 Å². The van der Waals surface area contributed by atoms with Crippen molar-refractivity contribution in [3.8, 4) is 0 Å². The van der Waals surface area contributed by atoms with E-state index in [1.807, 2.05) is 84.9 Å². The van der Waals surface area contributed by atoms with E-state index in [9.17, 15) is 0 Å². The highest BCUT2D eigenvalue weighted by Gasteiger charge is 2.51. The van der Waals surface area contributed by atoms with Crippen molar-refractivity contribution in [2.75, 3.05) is 13.7 Å². The molecule has 2 saturated heterocycles. The molecule has 0 amide bonds. The molecule has 7 heteroatoms. The summed E-state index contributed by atoms with van der Waals surface area (Å²) in [6, 6.07) is 28.0. The summed E-state index contributed by atoms with van der Waals surface area (Å²) in [5, 5.41) is 0. The Balaban J connectivity index is 1.39. The second-order valence-corrected chi connectivity index (χ2v) is 9.53. The predicted octanol–water partition coefficient (Wildman–Crippen LogP) is 5.41. The van der Waals surface area contributed by atoms with Crippen molar-refractivity contribution in [1.29, 1.82) is 0 Å². The van der Waals surface area contributed by atoms with Gasteiger partial charge in [-0.1, -0.05) is 88.7 Å². The van der Waals surface area contributed by atoms with E-state index in [4.69, 9.17) is 28.4 Å². The highest BCUT2D eigenvalue weighted by Crippen LogP contribution is 2.37. The summed E-state index contributed by atoms with van der Waals surface area (Å²) in [5.74, 6) is 0. The second-order valence-electron chi connectivity index (χ2n) is 8.62. The van der Waals surface area contributed by atoms with E-state index in [-0.39, 0.29) is 6.10 Å². The number of ether oxygens (including phenoxy) is 6. The Hall–Kier alpha value is -2.10. The second kappa shape index (κ2) is 11.8. The lowest BCUT2D eigenvalue weighted by Crippen LogP contribution is -2.63. The van der Waals surface area contributed by atoms with E-state index >= 15 is 0 Å². The number of benzene rings is 3. The lowest BCUT2D eigenvalue weighted by atomic mass is 9.97. The molecule has 0 unspecified atom stereocenters. The molecular weight excluding hydrogens is 512 g/mol. The number of fused-ring (bicyclic) bond motifs is 1. The van der Waals surface area contributed by atoms with Crippen molar-refractivity contribution in [3.63, 3.8) is 0 Å². The molecule has 35 heavy (non-hydrogen) atoms. The first-order valence-corrected chi connectivity index (χ1v) is 12.5. The summed E-state index contributed by atoms with van der Waals surface area (Å²) in [6.07, 6.45) is -2.79. The molecule has 2 fully saturated rings. The maximum Gasteiger partial charge on any atom is 0.186 e. The minimum Gasteiger partial charge on any atom is -0.368 e. The number of methoxy groups -OCH3 is 1. The van der Waals surface area contributed by atoms with Crippen molar-refractivity contribution >= 4 is 15.9 Å². The predicted molar refractivity (Wildman–Crippen MR) is 133 cm³/mol. The molecule has 0 aliphatic carbocycles. The number of hydrogen-bond donors (Lipinski definition) is 0. The third kappa shape index (κ3) is 6.01. The molecule has 0 spiro atoms. The van der Waals surface area contributed by atoms with Crippen LogP contribution in [0.5, 0.6) is 0 Å². The van der Waals surface area contributed by atoms with E-state index in [1.165, 1.54) is 0 Å². The SMILES string of the molecule is CO[C@H]1O[C@@H]2CO[C@@H](c3ccc(Br)cc3)O[C@H]2[C@H](OCc2ccccc2)[C@H]1OCc1ccccc1. The minimum atomic E-state index is -0.614. The van der Waals surface area contributed by atoms with Crippen molar-refractivity contribution in [2.45, 2.75) is 50.2 Å². The largest absolute Gasteiger partial charge is 0.368 e. The fourth-order valence-corrected chi connectivity index (χ4v) is 4.69. The number of halogens is 1. The van der Waals surface area contributed by atoms with Crippen molar-refractivity contribution in [3.05, 3.63) is 106 Å². The molecule has 0 saturated carbocycles. The van der Waals surface area contributed by atoms with Gasteiger partial charge in [0.2, 0.25) is 0 Å². The van der Waals surface area contributed by atoms with Gasteiger partial charge in [0, 0.05) is 17.1 Å². The van der Waals surface area contributed by atoms with Gasteiger partial charge in [0.05, 0.1) is 19.8 Å². The van der Waals surface area contributed by atoms with Gasteiger partial charge >= 0.3 is 0 Å². The third-order valence-electron chi connectivity index (χ3n) is 6.23. The Morgan fingerprint density at radius 1 is 0.771 bits per heavy atom. The van der Waals surface area contributed by atoms with Gasteiger partial charge in [-0.15, -0.1) is 0 Å². The molecule has 0 N–H and O–H groups in total. The maximum atomic E-state index is 6.50. The molecule has 0 aromatic heterocycles. The van der Waals surface area contributed by atoms with Crippen LogP contribution in [-0.2, 0) is 41.6 Å². The zero-order valence-electron chi connectivity index (χ0n) is 19.5. The normalized spacial score (nSPS) is 28.4. The molecule has 0 bridgehead atoms. The fourth-order valence-electron chi connectivity index (χ4n) is 4.42. The van der Waals surface area contributed by atoms with E-state index in [0.29, 0.717) is 19.8 Å². The van der Waals surface area contributed by atoms with Gasteiger partial charge in [-0.3, -0.25) is 0 Å². The van der Waals surface area contributed by atoms with Gasteiger partial charge in [0.1, 0.15) is 24.4 Å². The number of rotatable bonds is 8. The molecule has 2 aliphatic heterocycles. The van der Waals surface area contributed by atoms with Crippen LogP contribution in [0.3, 0.4) is 0 Å². The van der Waals surface area contributed by atoms with Crippen LogP contribution >= 0.6 is 15.9 Å². The Morgan fingerprint density at radius 2 is 1.37 bits per heavy atom. The summed E-state index contributed by atoms with van der Waals surface area (Å²) in [5.41, 5.74) is 3.07. The van der Waals surface area contributed by atoms with Crippen LogP contribution in [0.1, 0.15) is 23.0 Å². The molecule has 6 atom stereocenters. The van der Waals surface area contributed by atoms with Crippen LogP contribution in [0, 0.1) is 0 Å². The van der Waals surface area contributed by atoms with Crippen LogP contribution in [0.15, 0.2) is 89.4 Å². The van der Waals surface area contributed by atoms with E-state index in [0.717, 1.165) is 21.2 Å². The van der Waals surface area contributed by atoms with Crippen molar-refractivity contribution in [1.82, 2.24) is 0 Å². The average Bonchev–Trinajstić information content (AvgIpc) is 2.91.